The van der Waals surface area contributed by atoms with Crippen LogP contribution in [0.1, 0.15) is 18.4 Å². The number of anilines is 1. The topological polar surface area (TPSA) is 15.3 Å². The number of hydrogen-bond acceptors (Lipinski definition) is 2. The zero-order valence-electron chi connectivity index (χ0n) is 10.2. The molecule has 3 aliphatic heterocycles. The van der Waals surface area contributed by atoms with Crippen molar-refractivity contribution in [2.75, 3.05) is 25.0 Å². The molecule has 1 aromatic carbocycles. The Balaban J connectivity index is 1.74. The lowest BCUT2D eigenvalue weighted by Gasteiger charge is -2.45. The predicted octanol–water partition coefficient (Wildman–Crippen LogP) is 3.26. The van der Waals surface area contributed by atoms with Gasteiger partial charge < -0.3 is 10.2 Å². The molecule has 0 aromatic heterocycles. The van der Waals surface area contributed by atoms with Crippen LogP contribution in [0.4, 0.5) is 5.69 Å². The van der Waals surface area contributed by atoms with Crippen LogP contribution in [0.5, 0.6) is 0 Å². The number of benzene rings is 1. The molecule has 4 rings (SSSR count). The van der Waals surface area contributed by atoms with Gasteiger partial charge in [0.1, 0.15) is 0 Å². The highest BCUT2D eigenvalue weighted by Crippen LogP contribution is 2.32. The lowest BCUT2D eigenvalue weighted by Crippen LogP contribution is -2.53. The Morgan fingerprint density at radius 2 is 2.06 bits per heavy atom. The van der Waals surface area contributed by atoms with Crippen LogP contribution in [0.25, 0.3) is 0 Å². The van der Waals surface area contributed by atoms with Crippen molar-refractivity contribution in [2.45, 2.75) is 25.8 Å². The zero-order chi connectivity index (χ0) is 11.8. The van der Waals surface area contributed by atoms with Crippen LogP contribution in [0.3, 0.4) is 0 Å². The van der Waals surface area contributed by atoms with E-state index in [0.29, 0.717) is 6.04 Å². The van der Waals surface area contributed by atoms with Crippen LogP contribution >= 0.6 is 15.9 Å². The zero-order valence-corrected chi connectivity index (χ0v) is 11.8. The van der Waals surface area contributed by atoms with E-state index in [1.807, 2.05) is 0 Å². The molecule has 0 saturated carbocycles. The molecule has 3 aliphatic rings. The highest BCUT2D eigenvalue weighted by Gasteiger charge is 2.34. The van der Waals surface area contributed by atoms with Gasteiger partial charge in [-0.3, -0.25) is 0 Å². The minimum Gasteiger partial charge on any atom is -0.380 e. The van der Waals surface area contributed by atoms with Crippen molar-refractivity contribution in [2.24, 2.45) is 5.92 Å². The summed E-state index contributed by atoms with van der Waals surface area (Å²) in [7, 11) is 0. The standard InChI is InChI=1S/C14H19BrN2/c1-10-2-3-13(12(15)8-10)16-14-9-17-6-4-11(14)5-7-17/h2-3,8,11,14,16H,4-7,9H2,1H3. The molecule has 3 saturated heterocycles. The van der Waals surface area contributed by atoms with Crippen molar-refractivity contribution < 1.29 is 0 Å². The average molecular weight is 295 g/mol. The molecular formula is C14H19BrN2. The number of rotatable bonds is 2. The van der Waals surface area contributed by atoms with Crippen LogP contribution in [0, 0.1) is 12.8 Å². The van der Waals surface area contributed by atoms with Gasteiger partial charge in [-0.05, 0) is 72.4 Å². The molecule has 3 heterocycles. The van der Waals surface area contributed by atoms with E-state index in [4.69, 9.17) is 0 Å². The Labute approximate surface area is 112 Å². The Kier molecular flexibility index (Phi) is 3.14. The van der Waals surface area contributed by atoms with Gasteiger partial charge in [-0.1, -0.05) is 6.07 Å². The summed E-state index contributed by atoms with van der Waals surface area (Å²) in [5.41, 5.74) is 2.55. The number of nitrogens with zero attached hydrogens (tertiary/aromatic N) is 1. The first-order valence-corrected chi connectivity index (χ1v) is 7.27. The summed E-state index contributed by atoms with van der Waals surface area (Å²) >= 11 is 3.65. The Hall–Kier alpha value is -0.540. The number of halogens is 1. The van der Waals surface area contributed by atoms with Gasteiger partial charge in [0, 0.05) is 22.7 Å². The van der Waals surface area contributed by atoms with Crippen LogP contribution in [0.15, 0.2) is 22.7 Å². The Morgan fingerprint density at radius 1 is 1.29 bits per heavy atom. The van der Waals surface area contributed by atoms with Gasteiger partial charge in [0.25, 0.3) is 0 Å². The van der Waals surface area contributed by atoms with Gasteiger partial charge in [0.05, 0.1) is 0 Å². The molecule has 0 spiro atoms. The quantitative estimate of drug-likeness (QED) is 0.901. The summed E-state index contributed by atoms with van der Waals surface area (Å²) in [6, 6.07) is 7.19. The van der Waals surface area contributed by atoms with Crippen LogP contribution < -0.4 is 5.32 Å². The highest BCUT2D eigenvalue weighted by molar-refractivity contribution is 9.10. The van der Waals surface area contributed by atoms with Crippen LogP contribution in [-0.4, -0.2) is 30.6 Å². The minimum atomic E-state index is 0.636. The maximum atomic E-state index is 3.72. The third-order valence-electron chi connectivity index (χ3n) is 4.12. The van der Waals surface area contributed by atoms with E-state index in [-0.39, 0.29) is 0 Å². The Bertz CT molecular complexity index is 411. The minimum absolute atomic E-state index is 0.636. The fourth-order valence-electron chi connectivity index (χ4n) is 3.07. The van der Waals surface area contributed by atoms with E-state index in [0.717, 1.165) is 5.92 Å². The molecule has 0 amide bonds. The van der Waals surface area contributed by atoms with E-state index in [1.54, 1.807) is 0 Å². The first kappa shape index (κ1) is 11.5. The lowest BCUT2D eigenvalue weighted by molar-refractivity contribution is 0.0975. The summed E-state index contributed by atoms with van der Waals surface area (Å²) in [5, 5.41) is 3.72. The van der Waals surface area contributed by atoms with E-state index in [2.05, 4.69) is 51.3 Å². The smallest absolute Gasteiger partial charge is 0.0487 e. The summed E-state index contributed by atoms with van der Waals surface area (Å²) in [6.45, 7) is 5.95. The lowest BCUT2D eigenvalue weighted by atomic mass is 9.84. The van der Waals surface area contributed by atoms with Gasteiger partial charge in [-0.15, -0.1) is 0 Å². The molecule has 3 heteroatoms. The molecule has 0 aliphatic carbocycles. The fraction of sp³-hybridized carbons (Fsp3) is 0.571. The molecule has 0 radical (unpaired) electrons. The monoisotopic (exact) mass is 294 g/mol. The largest absolute Gasteiger partial charge is 0.380 e. The molecular weight excluding hydrogens is 276 g/mol. The molecule has 1 aromatic rings. The average Bonchev–Trinajstić information content (AvgIpc) is 2.34. The number of hydrogen-bond donors (Lipinski definition) is 1. The van der Waals surface area contributed by atoms with Crippen molar-refractivity contribution >= 4 is 21.6 Å². The summed E-state index contributed by atoms with van der Waals surface area (Å²) in [5.74, 6) is 0.869. The first-order valence-electron chi connectivity index (χ1n) is 6.47. The molecule has 1 N–H and O–H groups in total. The van der Waals surface area contributed by atoms with Crippen LogP contribution in [0.2, 0.25) is 0 Å². The van der Waals surface area contributed by atoms with Gasteiger partial charge in [0.15, 0.2) is 0 Å². The Morgan fingerprint density at radius 3 is 2.65 bits per heavy atom. The molecule has 92 valence electrons. The fourth-order valence-corrected chi connectivity index (χ4v) is 3.67. The van der Waals surface area contributed by atoms with Crippen molar-refractivity contribution in [3.05, 3.63) is 28.2 Å². The second-order valence-electron chi connectivity index (χ2n) is 5.37. The summed E-state index contributed by atoms with van der Waals surface area (Å²) in [4.78, 5) is 2.58. The third kappa shape index (κ3) is 2.36. The normalized spacial score (nSPS) is 31.5. The number of piperidine rings is 3. The van der Waals surface area contributed by atoms with Crippen LogP contribution in [-0.2, 0) is 0 Å². The number of aryl methyl sites for hydroxylation is 1. The van der Waals surface area contributed by atoms with E-state index < -0.39 is 0 Å². The van der Waals surface area contributed by atoms with Gasteiger partial charge in [-0.2, -0.15) is 0 Å². The molecule has 17 heavy (non-hydrogen) atoms. The second-order valence-corrected chi connectivity index (χ2v) is 6.23. The first-order chi connectivity index (χ1) is 8.22. The molecule has 2 nitrogen and oxygen atoms in total. The SMILES string of the molecule is Cc1ccc(NC2CN3CCC2CC3)c(Br)c1. The summed E-state index contributed by atoms with van der Waals surface area (Å²) in [6.07, 6.45) is 2.72. The van der Waals surface area contributed by atoms with Crippen molar-refractivity contribution in [1.82, 2.24) is 4.90 Å². The second kappa shape index (κ2) is 4.62. The molecule has 1 atom stereocenters. The molecule has 1 unspecified atom stereocenters. The van der Waals surface area contributed by atoms with Gasteiger partial charge in [0.2, 0.25) is 0 Å². The maximum absolute atomic E-state index is 3.72. The van der Waals surface area contributed by atoms with Crippen molar-refractivity contribution in [1.29, 1.82) is 0 Å². The summed E-state index contributed by atoms with van der Waals surface area (Å²) < 4.78 is 1.19. The highest BCUT2D eigenvalue weighted by atomic mass is 79.9. The van der Waals surface area contributed by atoms with E-state index in [1.165, 1.54) is 48.2 Å². The maximum Gasteiger partial charge on any atom is 0.0487 e. The molecule has 2 bridgehead atoms. The van der Waals surface area contributed by atoms with Crippen molar-refractivity contribution in [3.8, 4) is 0 Å². The number of fused-ring (bicyclic) bond motifs is 3. The van der Waals surface area contributed by atoms with Crippen molar-refractivity contribution in [3.63, 3.8) is 0 Å². The molecule has 3 fully saturated rings. The van der Waals surface area contributed by atoms with E-state index in [9.17, 15) is 0 Å². The van der Waals surface area contributed by atoms with Gasteiger partial charge in [-0.25, -0.2) is 0 Å². The predicted molar refractivity (Wildman–Crippen MR) is 75.5 cm³/mol. The van der Waals surface area contributed by atoms with E-state index >= 15 is 0 Å². The third-order valence-corrected chi connectivity index (χ3v) is 4.78. The number of nitrogens with one attached hydrogen (secondary N) is 1. The van der Waals surface area contributed by atoms with Gasteiger partial charge >= 0.3 is 0 Å².